The molecule has 3 aliphatic rings. The van der Waals surface area contributed by atoms with Crippen LogP contribution in [0.1, 0.15) is 48.2 Å². The summed E-state index contributed by atoms with van der Waals surface area (Å²) in [4.78, 5) is 61.3. The number of allylic oxidation sites excluding steroid dienone is 1. The zero-order chi connectivity index (χ0) is 38.4. The highest BCUT2D eigenvalue weighted by atomic mass is 35.5. The van der Waals surface area contributed by atoms with Crippen molar-refractivity contribution in [1.29, 1.82) is 0 Å². The number of thioether (sulfide) groups is 1. The van der Waals surface area contributed by atoms with Crippen LogP contribution in [0.3, 0.4) is 0 Å². The van der Waals surface area contributed by atoms with Gasteiger partial charge in [-0.1, -0.05) is 53.2 Å². The number of anilines is 1. The van der Waals surface area contributed by atoms with Gasteiger partial charge in [-0.3, -0.25) is 14.5 Å². The zero-order valence-electron chi connectivity index (χ0n) is 28.9. The number of amides is 1. The number of carboxylic acid groups (broad SMARTS) is 2. The van der Waals surface area contributed by atoms with Gasteiger partial charge in [0, 0.05) is 35.1 Å². The maximum atomic E-state index is 13.5. The molecule has 0 bridgehead atoms. The summed E-state index contributed by atoms with van der Waals surface area (Å²) in [5.41, 5.74) is 7.74. The minimum absolute atomic E-state index is 0.0752. The number of phenols is 2. The number of ketones is 1. The number of carboxylic acids is 2. The molecule has 0 spiro atoms. The molecule has 278 valence electrons. The Bertz CT molecular complexity index is 2110. The van der Waals surface area contributed by atoms with Crippen molar-refractivity contribution < 1.29 is 48.9 Å². The Morgan fingerprint density at radius 1 is 1.19 bits per heavy atom. The normalized spacial score (nSPS) is 21.6. The van der Waals surface area contributed by atoms with E-state index in [1.807, 2.05) is 24.3 Å². The van der Waals surface area contributed by atoms with E-state index in [4.69, 9.17) is 22.2 Å². The lowest BCUT2D eigenvalue weighted by molar-refractivity contribution is -0.937. The molecule has 1 aromatic heterocycles. The van der Waals surface area contributed by atoms with Crippen molar-refractivity contribution in [3.05, 3.63) is 86.0 Å². The Labute approximate surface area is 317 Å². The van der Waals surface area contributed by atoms with E-state index in [0.29, 0.717) is 29.6 Å². The minimum Gasteiger partial charge on any atom is -0.504 e. The molecule has 0 radical (unpaired) electrons. The Hall–Kier alpha value is -4.90. The number of aromatic hydroxyl groups is 2. The summed E-state index contributed by atoms with van der Waals surface area (Å²) in [6.07, 6.45) is 3.85. The molecule has 0 aliphatic carbocycles. The molecule has 14 nitrogen and oxygen atoms in total. The van der Waals surface area contributed by atoms with E-state index in [-0.39, 0.29) is 50.9 Å². The summed E-state index contributed by atoms with van der Waals surface area (Å²) in [6, 6.07) is 9.43. The highest BCUT2D eigenvalue weighted by Crippen LogP contribution is 2.46. The summed E-state index contributed by atoms with van der Waals surface area (Å²) in [7, 11) is 2.11. The number of nitrogen functional groups attached to an aromatic ring is 1. The van der Waals surface area contributed by atoms with Gasteiger partial charge in [0.1, 0.15) is 24.5 Å². The fourth-order valence-electron chi connectivity index (χ4n) is 6.51. The molecule has 4 heterocycles. The second kappa shape index (κ2) is 14.5. The quantitative estimate of drug-likeness (QED) is 0.0560. The third-order valence-electron chi connectivity index (χ3n) is 9.52. The fraction of sp³-hybridized carbons (Fsp3) is 0.333. The maximum Gasteiger partial charge on any atom is 0.352 e. The van der Waals surface area contributed by atoms with Crippen LogP contribution in [0, 0.1) is 5.92 Å². The van der Waals surface area contributed by atoms with Gasteiger partial charge < -0.3 is 35.5 Å². The highest BCUT2D eigenvalue weighted by molar-refractivity contribution is 8.00. The molecule has 1 amide bonds. The number of aromatic nitrogens is 1. The molecule has 3 atom stereocenters. The number of phenolic OH excluding ortho intramolecular Hbond substituents is 2. The molecule has 3 aliphatic heterocycles. The zero-order valence-corrected chi connectivity index (χ0v) is 31.3. The lowest BCUT2D eigenvalue weighted by atomic mass is 9.89. The van der Waals surface area contributed by atoms with E-state index in [2.05, 4.69) is 17.2 Å². The average molecular weight is 783 g/mol. The number of nitrogens with zero attached hydrogens (tertiary/aromatic N) is 4. The molecular formula is C36H37ClN5O9S2+. The van der Waals surface area contributed by atoms with Crippen molar-refractivity contribution in [2.75, 3.05) is 25.1 Å². The van der Waals surface area contributed by atoms with Gasteiger partial charge in [-0.15, -0.1) is 23.1 Å². The molecule has 2 aromatic carbocycles. The molecule has 1 fully saturated rings. The Balaban J connectivity index is 1.13. The third kappa shape index (κ3) is 7.62. The van der Waals surface area contributed by atoms with E-state index >= 15 is 0 Å². The highest BCUT2D eigenvalue weighted by Gasteiger charge is 2.54. The monoisotopic (exact) mass is 782 g/mol. The van der Waals surface area contributed by atoms with E-state index in [9.17, 15) is 39.6 Å². The van der Waals surface area contributed by atoms with Crippen molar-refractivity contribution in [3.8, 4) is 11.5 Å². The molecule has 6 rings (SSSR count). The predicted molar refractivity (Wildman–Crippen MR) is 199 cm³/mol. The maximum absolute atomic E-state index is 13.5. The van der Waals surface area contributed by atoms with Crippen molar-refractivity contribution in [1.82, 2.24) is 9.88 Å². The number of Topliss-reactive ketones (excluding diaryl/α,β-unsaturated/α-hetero) is 1. The summed E-state index contributed by atoms with van der Waals surface area (Å²) in [6.45, 7) is 4.64. The molecular weight excluding hydrogens is 746 g/mol. The topological polar surface area (TPSA) is 213 Å². The molecule has 6 N–H and O–H groups in total. The van der Waals surface area contributed by atoms with E-state index in [1.165, 1.54) is 35.9 Å². The number of aliphatic carboxylic acids is 2. The number of carbonyl (C=O) groups excluding carboxylic acids is 2. The first-order valence-corrected chi connectivity index (χ1v) is 18.8. The Morgan fingerprint density at radius 3 is 2.55 bits per heavy atom. The second-order valence-corrected chi connectivity index (χ2v) is 16.3. The van der Waals surface area contributed by atoms with Gasteiger partial charge in [0.2, 0.25) is 11.5 Å². The van der Waals surface area contributed by atoms with E-state index in [0.717, 1.165) is 40.1 Å². The molecule has 3 aromatic rings. The number of nitrogens with two attached hydrogens (primary N) is 1. The fourth-order valence-corrected chi connectivity index (χ4v) is 8.72. The molecule has 1 saturated heterocycles. The number of thiazole rings is 1. The third-order valence-corrected chi connectivity index (χ3v) is 12.0. The van der Waals surface area contributed by atoms with E-state index < -0.39 is 40.5 Å². The number of benzene rings is 2. The first-order valence-electron chi connectivity index (χ1n) is 16.5. The van der Waals surface area contributed by atoms with Crippen LogP contribution in [0.25, 0.3) is 6.08 Å². The smallest absolute Gasteiger partial charge is 0.352 e. The van der Waals surface area contributed by atoms with Crippen molar-refractivity contribution in [2.45, 2.75) is 50.8 Å². The molecule has 17 heteroatoms. The number of hydrogen-bond acceptors (Lipinski definition) is 12. The lowest BCUT2D eigenvalue weighted by Gasteiger charge is -2.49. The van der Waals surface area contributed by atoms with Crippen molar-refractivity contribution in [3.63, 3.8) is 0 Å². The summed E-state index contributed by atoms with van der Waals surface area (Å²) in [5, 5.41) is 44.7. The van der Waals surface area contributed by atoms with Gasteiger partial charge in [0.05, 0.1) is 29.9 Å². The summed E-state index contributed by atoms with van der Waals surface area (Å²) >= 11 is 8.77. The van der Waals surface area contributed by atoms with Gasteiger partial charge in [-0.2, -0.15) is 0 Å². The van der Waals surface area contributed by atoms with E-state index in [1.54, 1.807) is 18.2 Å². The van der Waals surface area contributed by atoms with Gasteiger partial charge in [-0.25, -0.2) is 14.6 Å². The van der Waals surface area contributed by atoms with Crippen molar-refractivity contribution in [2.24, 2.45) is 11.1 Å². The number of likely N-dealkylation sites (N-methyl/N-ethyl adjacent to an activating group) is 1. The first-order chi connectivity index (χ1) is 25.0. The number of fused-ring (bicyclic) bond motifs is 2. The van der Waals surface area contributed by atoms with Crippen LogP contribution in [0.2, 0.25) is 5.02 Å². The molecule has 1 unspecified atom stereocenters. The number of oxime groups is 1. The average Bonchev–Trinajstić information content (AvgIpc) is 3.54. The van der Waals surface area contributed by atoms with Crippen LogP contribution in [-0.2, 0) is 43.5 Å². The second-order valence-electron chi connectivity index (χ2n) is 13.9. The van der Waals surface area contributed by atoms with Gasteiger partial charge in [-0.05, 0) is 36.6 Å². The number of halogens is 1. The predicted octanol–water partition coefficient (Wildman–Crippen LogP) is 4.62. The van der Waals surface area contributed by atoms with Crippen LogP contribution < -0.4 is 5.73 Å². The number of rotatable bonds is 12. The number of β-lactam (4-membered cyclic amide) rings is 1. The first kappa shape index (κ1) is 37.8. The van der Waals surface area contributed by atoms with Crippen molar-refractivity contribution >= 4 is 75.2 Å². The summed E-state index contributed by atoms with van der Waals surface area (Å²) in [5.74, 6) is -4.82. The van der Waals surface area contributed by atoms with Gasteiger partial charge in [0.25, 0.3) is 0 Å². The lowest BCUT2D eigenvalue weighted by Crippen LogP contribution is -2.62. The van der Waals surface area contributed by atoms with Crippen LogP contribution in [0.5, 0.6) is 11.5 Å². The van der Waals surface area contributed by atoms with Crippen LogP contribution in [0.15, 0.2) is 58.2 Å². The van der Waals surface area contributed by atoms with Crippen LogP contribution >= 0.6 is 34.7 Å². The number of hydrogen-bond donors (Lipinski definition) is 5. The molecule has 53 heavy (non-hydrogen) atoms. The standard InChI is InChI=1S/C36H36ClN5O9S2/c1-36(2,34(49)50)51-40-28(24-17-53-35(38)39-24)25(43)13-22-31(46)41-29(33(47)48)21(16-52-32(22)41)9-8-18-4-6-19(7-5-18)14-42(3)11-10-20-12-26(44)30(45)27(37)23(20)15-42/h4-9,12,17,22,32H,10-11,13-16H2,1-3H3,(H5-,38,39,40,43,44,45,47,48,49,50)/p+1/t22-,32-,42?/m1/s1. The largest absolute Gasteiger partial charge is 0.504 e. The Kier molecular flexibility index (Phi) is 10.4. The molecule has 0 saturated carbocycles. The SMILES string of the molecule is CC(C)(O/N=C(\C(=O)C[C@@H]1C(=O)N2C(C(=O)O)=C(C=Cc3ccc(C[N+]4(C)CCc5cc(O)c(O)c(Cl)c5C4)cc3)CS[C@H]12)c1csc(N)n1)C(=O)O. The number of quaternary nitrogens is 1. The summed E-state index contributed by atoms with van der Waals surface area (Å²) < 4.78 is 0.653. The van der Waals surface area contributed by atoms with Crippen LogP contribution in [0.4, 0.5) is 5.13 Å². The number of carbonyl (C=O) groups is 4. The minimum atomic E-state index is -1.75. The van der Waals surface area contributed by atoms with Gasteiger partial charge in [0.15, 0.2) is 28.1 Å². The Morgan fingerprint density at radius 2 is 1.91 bits per heavy atom. The van der Waals surface area contributed by atoms with Gasteiger partial charge >= 0.3 is 11.9 Å². The van der Waals surface area contributed by atoms with Crippen LogP contribution in [-0.4, -0.2) is 94.5 Å².